The van der Waals surface area contributed by atoms with Crippen molar-refractivity contribution in [2.75, 3.05) is 13.6 Å². The second kappa shape index (κ2) is 6.32. The standard InChI is InChI=1S/C17H21N3O2/c1-19(12-16(21)14-7-8-14)17(22)15-5-3-13(4-6-15)11-20-10-2-9-18-20/h2-6,9-10,14,16,21H,7-8,11-12H2,1H3. The van der Waals surface area contributed by atoms with Gasteiger partial charge in [-0.25, -0.2) is 0 Å². The summed E-state index contributed by atoms with van der Waals surface area (Å²) in [6.07, 6.45) is 5.41. The van der Waals surface area contributed by atoms with Gasteiger partial charge < -0.3 is 10.0 Å². The number of carbonyl (C=O) groups is 1. The highest BCUT2D eigenvalue weighted by Crippen LogP contribution is 2.32. The summed E-state index contributed by atoms with van der Waals surface area (Å²) in [4.78, 5) is 14.0. The molecule has 1 heterocycles. The van der Waals surface area contributed by atoms with E-state index in [9.17, 15) is 9.90 Å². The van der Waals surface area contributed by atoms with Crippen molar-refractivity contribution in [1.29, 1.82) is 0 Å². The molecular formula is C17H21N3O2. The molecule has 1 saturated carbocycles. The third kappa shape index (κ3) is 3.54. The van der Waals surface area contributed by atoms with E-state index in [-0.39, 0.29) is 5.91 Å². The van der Waals surface area contributed by atoms with E-state index in [1.54, 1.807) is 18.1 Å². The topological polar surface area (TPSA) is 58.4 Å². The van der Waals surface area contributed by atoms with Crippen LogP contribution in [-0.4, -0.2) is 45.4 Å². The molecule has 2 aromatic rings. The predicted octanol–water partition coefficient (Wildman–Crippen LogP) is 1.77. The minimum atomic E-state index is -0.395. The van der Waals surface area contributed by atoms with Gasteiger partial charge >= 0.3 is 0 Å². The molecule has 1 N–H and O–H groups in total. The summed E-state index contributed by atoms with van der Waals surface area (Å²) in [6.45, 7) is 1.09. The zero-order valence-corrected chi connectivity index (χ0v) is 12.7. The molecule has 5 nitrogen and oxygen atoms in total. The van der Waals surface area contributed by atoms with Crippen LogP contribution in [0, 0.1) is 5.92 Å². The molecule has 0 saturated heterocycles. The maximum Gasteiger partial charge on any atom is 0.253 e. The van der Waals surface area contributed by atoms with Crippen LogP contribution in [0.1, 0.15) is 28.8 Å². The number of aliphatic hydroxyl groups is 1. The summed E-state index contributed by atoms with van der Waals surface area (Å²) in [5.74, 6) is 0.331. The van der Waals surface area contributed by atoms with Gasteiger partial charge in [0.25, 0.3) is 5.91 Å². The van der Waals surface area contributed by atoms with Gasteiger partial charge in [0.1, 0.15) is 0 Å². The number of rotatable bonds is 6. The largest absolute Gasteiger partial charge is 0.391 e. The van der Waals surface area contributed by atoms with Crippen LogP contribution in [0.4, 0.5) is 0 Å². The van der Waals surface area contributed by atoms with Crippen LogP contribution in [0.2, 0.25) is 0 Å². The number of carbonyl (C=O) groups excluding carboxylic acids is 1. The van der Waals surface area contributed by atoms with Crippen LogP contribution in [0.3, 0.4) is 0 Å². The summed E-state index contributed by atoms with van der Waals surface area (Å²) in [6, 6.07) is 9.44. The van der Waals surface area contributed by atoms with Gasteiger partial charge in [-0.3, -0.25) is 9.48 Å². The molecule has 1 amide bonds. The molecule has 1 aliphatic carbocycles. The van der Waals surface area contributed by atoms with Crippen molar-refractivity contribution in [3.63, 3.8) is 0 Å². The Morgan fingerprint density at radius 1 is 1.41 bits per heavy atom. The molecule has 1 aromatic carbocycles. The summed E-state index contributed by atoms with van der Waals surface area (Å²) in [5.41, 5.74) is 1.75. The van der Waals surface area contributed by atoms with Gasteiger partial charge in [-0.2, -0.15) is 5.10 Å². The molecule has 0 radical (unpaired) electrons. The van der Waals surface area contributed by atoms with Crippen LogP contribution in [0.5, 0.6) is 0 Å². The van der Waals surface area contributed by atoms with Crippen molar-refractivity contribution in [3.05, 3.63) is 53.9 Å². The Hall–Kier alpha value is -2.14. The highest BCUT2D eigenvalue weighted by atomic mass is 16.3. The van der Waals surface area contributed by atoms with Crippen molar-refractivity contribution >= 4 is 5.91 Å². The van der Waals surface area contributed by atoms with E-state index in [1.807, 2.05) is 41.2 Å². The highest BCUT2D eigenvalue weighted by Gasteiger charge is 2.31. The van der Waals surface area contributed by atoms with E-state index in [0.29, 0.717) is 24.6 Å². The fourth-order valence-electron chi connectivity index (χ4n) is 2.55. The molecule has 22 heavy (non-hydrogen) atoms. The van der Waals surface area contributed by atoms with Crippen LogP contribution < -0.4 is 0 Å². The summed E-state index contributed by atoms with van der Waals surface area (Å²) in [5, 5.41) is 14.1. The fraction of sp³-hybridized carbons (Fsp3) is 0.412. The Morgan fingerprint density at radius 2 is 2.14 bits per heavy atom. The van der Waals surface area contributed by atoms with Gasteiger partial charge in [-0.15, -0.1) is 0 Å². The summed E-state index contributed by atoms with van der Waals surface area (Å²) < 4.78 is 1.84. The smallest absolute Gasteiger partial charge is 0.253 e. The molecule has 1 atom stereocenters. The first-order valence-corrected chi connectivity index (χ1v) is 7.63. The zero-order valence-electron chi connectivity index (χ0n) is 12.7. The summed E-state index contributed by atoms with van der Waals surface area (Å²) in [7, 11) is 1.74. The van der Waals surface area contributed by atoms with Gasteiger partial charge in [0.15, 0.2) is 0 Å². The van der Waals surface area contributed by atoms with Gasteiger partial charge in [0.2, 0.25) is 0 Å². The van der Waals surface area contributed by atoms with Gasteiger partial charge in [0, 0.05) is 31.5 Å². The van der Waals surface area contributed by atoms with Crippen molar-refractivity contribution in [2.24, 2.45) is 5.92 Å². The Labute approximate surface area is 130 Å². The molecule has 0 spiro atoms. The molecule has 0 aliphatic heterocycles. The SMILES string of the molecule is CN(CC(O)C1CC1)C(=O)c1ccc(Cn2cccn2)cc1. The second-order valence-corrected chi connectivity index (χ2v) is 5.99. The lowest BCUT2D eigenvalue weighted by Crippen LogP contribution is -2.35. The number of hydrogen-bond acceptors (Lipinski definition) is 3. The van der Waals surface area contributed by atoms with Gasteiger partial charge in [-0.05, 0) is 42.5 Å². The average molecular weight is 299 g/mol. The van der Waals surface area contributed by atoms with E-state index in [1.165, 1.54) is 0 Å². The minimum absolute atomic E-state index is 0.0506. The van der Waals surface area contributed by atoms with E-state index in [4.69, 9.17) is 0 Å². The molecule has 1 aromatic heterocycles. The minimum Gasteiger partial charge on any atom is -0.391 e. The quantitative estimate of drug-likeness (QED) is 0.884. The monoisotopic (exact) mass is 299 g/mol. The van der Waals surface area contributed by atoms with Crippen LogP contribution >= 0.6 is 0 Å². The van der Waals surface area contributed by atoms with Crippen molar-refractivity contribution in [1.82, 2.24) is 14.7 Å². The third-order valence-corrected chi connectivity index (χ3v) is 4.08. The molecule has 1 fully saturated rings. The van der Waals surface area contributed by atoms with Gasteiger partial charge in [-0.1, -0.05) is 12.1 Å². The first-order valence-electron chi connectivity index (χ1n) is 7.63. The number of amides is 1. The number of aliphatic hydroxyl groups excluding tert-OH is 1. The normalized spacial score (nSPS) is 15.5. The van der Waals surface area contributed by atoms with Crippen molar-refractivity contribution < 1.29 is 9.90 Å². The number of hydrogen-bond donors (Lipinski definition) is 1. The van der Waals surface area contributed by atoms with E-state index in [2.05, 4.69) is 5.10 Å². The first-order chi connectivity index (χ1) is 10.6. The van der Waals surface area contributed by atoms with Crippen LogP contribution in [0.25, 0.3) is 0 Å². The van der Waals surface area contributed by atoms with E-state index in [0.717, 1.165) is 18.4 Å². The maximum atomic E-state index is 12.3. The maximum absolute atomic E-state index is 12.3. The number of nitrogens with zero attached hydrogens (tertiary/aromatic N) is 3. The highest BCUT2D eigenvalue weighted by molar-refractivity contribution is 5.94. The summed E-state index contributed by atoms with van der Waals surface area (Å²) >= 11 is 0. The first kappa shape index (κ1) is 14.8. The molecule has 116 valence electrons. The molecule has 0 bridgehead atoms. The molecule has 3 rings (SSSR count). The number of benzene rings is 1. The molecular weight excluding hydrogens is 278 g/mol. The molecule has 1 aliphatic rings. The Bertz CT molecular complexity index is 618. The number of likely N-dealkylation sites (N-methyl/N-ethyl adjacent to an activating group) is 1. The molecule has 5 heteroatoms. The Balaban J connectivity index is 1.60. The lowest BCUT2D eigenvalue weighted by atomic mass is 10.1. The van der Waals surface area contributed by atoms with Crippen LogP contribution in [-0.2, 0) is 6.54 Å². The second-order valence-electron chi connectivity index (χ2n) is 5.99. The van der Waals surface area contributed by atoms with Crippen molar-refractivity contribution in [3.8, 4) is 0 Å². The number of aromatic nitrogens is 2. The zero-order chi connectivity index (χ0) is 15.5. The van der Waals surface area contributed by atoms with Gasteiger partial charge in [0.05, 0.1) is 12.6 Å². The van der Waals surface area contributed by atoms with Crippen molar-refractivity contribution in [2.45, 2.75) is 25.5 Å². The van der Waals surface area contributed by atoms with E-state index >= 15 is 0 Å². The molecule has 1 unspecified atom stereocenters. The fourth-order valence-corrected chi connectivity index (χ4v) is 2.55. The average Bonchev–Trinajstić information content (AvgIpc) is 3.26. The van der Waals surface area contributed by atoms with Crippen LogP contribution in [0.15, 0.2) is 42.7 Å². The van der Waals surface area contributed by atoms with E-state index < -0.39 is 6.10 Å². The third-order valence-electron chi connectivity index (χ3n) is 4.08. The lowest BCUT2D eigenvalue weighted by molar-refractivity contribution is 0.0645. The predicted molar refractivity (Wildman–Crippen MR) is 83.5 cm³/mol. The Morgan fingerprint density at radius 3 is 2.73 bits per heavy atom. The Kier molecular flexibility index (Phi) is 4.24. The lowest BCUT2D eigenvalue weighted by Gasteiger charge is -2.21.